The zero-order valence-corrected chi connectivity index (χ0v) is 10.6. The maximum Gasteiger partial charge on any atom is 0.335 e. The minimum absolute atomic E-state index is 0.327. The Balaban J connectivity index is 2.05. The van der Waals surface area contributed by atoms with Gasteiger partial charge in [0.15, 0.2) is 0 Å². The van der Waals surface area contributed by atoms with Gasteiger partial charge in [-0.1, -0.05) is 18.6 Å². The summed E-state index contributed by atoms with van der Waals surface area (Å²) in [7, 11) is 0. The SMILES string of the molecule is CCC(Nc1ccc(C(=O)O)cc1)C1=CCCC1. The van der Waals surface area contributed by atoms with Crippen molar-refractivity contribution in [1.29, 1.82) is 0 Å². The molecular weight excluding hydrogens is 226 g/mol. The van der Waals surface area contributed by atoms with Crippen molar-refractivity contribution in [2.75, 3.05) is 5.32 Å². The molecule has 0 saturated carbocycles. The van der Waals surface area contributed by atoms with Crippen LogP contribution in [0.15, 0.2) is 35.9 Å². The first kappa shape index (κ1) is 12.7. The number of carboxylic acids is 1. The quantitative estimate of drug-likeness (QED) is 0.778. The van der Waals surface area contributed by atoms with Gasteiger partial charge in [-0.3, -0.25) is 0 Å². The molecule has 3 heteroatoms. The van der Waals surface area contributed by atoms with Gasteiger partial charge < -0.3 is 10.4 Å². The van der Waals surface area contributed by atoms with Gasteiger partial charge in [0.2, 0.25) is 0 Å². The van der Waals surface area contributed by atoms with Gasteiger partial charge in [0.25, 0.3) is 0 Å². The number of carbonyl (C=O) groups is 1. The van der Waals surface area contributed by atoms with Gasteiger partial charge in [-0.25, -0.2) is 4.79 Å². The summed E-state index contributed by atoms with van der Waals surface area (Å²) < 4.78 is 0. The highest BCUT2D eigenvalue weighted by molar-refractivity contribution is 5.88. The first-order chi connectivity index (χ1) is 8.70. The third kappa shape index (κ3) is 2.92. The molecule has 1 unspecified atom stereocenters. The maximum absolute atomic E-state index is 10.8. The number of anilines is 1. The van der Waals surface area contributed by atoms with Crippen LogP contribution in [0.3, 0.4) is 0 Å². The van der Waals surface area contributed by atoms with Crippen LogP contribution in [0.25, 0.3) is 0 Å². The molecule has 1 aromatic rings. The molecule has 1 aromatic carbocycles. The Labute approximate surface area is 108 Å². The van der Waals surface area contributed by atoms with Crippen LogP contribution in [0.1, 0.15) is 43.0 Å². The van der Waals surface area contributed by atoms with Crippen LogP contribution in [0, 0.1) is 0 Å². The first-order valence-corrected chi connectivity index (χ1v) is 6.49. The number of aromatic carboxylic acids is 1. The van der Waals surface area contributed by atoms with E-state index in [0.717, 1.165) is 12.1 Å². The second-order valence-electron chi connectivity index (χ2n) is 4.66. The second kappa shape index (κ2) is 5.71. The van der Waals surface area contributed by atoms with Crippen molar-refractivity contribution in [3.63, 3.8) is 0 Å². The summed E-state index contributed by atoms with van der Waals surface area (Å²) in [6, 6.07) is 7.33. The van der Waals surface area contributed by atoms with Gasteiger partial charge >= 0.3 is 5.97 Å². The van der Waals surface area contributed by atoms with Crippen molar-refractivity contribution in [1.82, 2.24) is 0 Å². The van der Waals surface area contributed by atoms with Gasteiger partial charge in [0.05, 0.1) is 5.56 Å². The molecule has 1 atom stereocenters. The van der Waals surface area contributed by atoms with E-state index >= 15 is 0 Å². The van der Waals surface area contributed by atoms with E-state index in [4.69, 9.17) is 5.11 Å². The zero-order chi connectivity index (χ0) is 13.0. The zero-order valence-electron chi connectivity index (χ0n) is 10.6. The number of rotatable bonds is 5. The fourth-order valence-electron chi connectivity index (χ4n) is 2.38. The van der Waals surface area contributed by atoms with E-state index in [1.807, 2.05) is 12.1 Å². The lowest BCUT2D eigenvalue weighted by atomic mass is 10.0. The van der Waals surface area contributed by atoms with E-state index in [0.29, 0.717) is 11.6 Å². The Hall–Kier alpha value is -1.77. The summed E-state index contributed by atoms with van der Waals surface area (Å²) in [5.74, 6) is -0.882. The number of benzene rings is 1. The van der Waals surface area contributed by atoms with Crippen LogP contribution >= 0.6 is 0 Å². The molecule has 0 amide bonds. The van der Waals surface area contributed by atoms with Gasteiger partial charge in [0, 0.05) is 11.7 Å². The summed E-state index contributed by atoms with van der Waals surface area (Å²) in [5, 5.41) is 12.3. The molecule has 0 bridgehead atoms. The van der Waals surface area contributed by atoms with E-state index in [2.05, 4.69) is 18.3 Å². The minimum Gasteiger partial charge on any atom is -0.478 e. The molecule has 0 aromatic heterocycles. The van der Waals surface area contributed by atoms with Crippen molar-refractivity contribution in [3.8, 4) is 0 Å². The number of allylic oxidation sites excluding steroid dienone is 1. The molecule has 96 valence electrons. The van der Waals surface area contributed by atoms with Crippen molar-refractivity contribution in [2.24, 2.45) is 0 Å². The lowest BCUT2D eigenvalue weighted by Crippen LogP contribution is -2.20. The molecule has 0 radical (unpaired) electrons. The molecule has 0 saturated heterocycles. The van der Waals surface area contributed by atoms with Crippen molar-refractivity contribution in [2.45, 2.75) is 38.6 Å². The standard InChI is InChI=1S/C15H19NO2/c1-2-14(11-5-3-4-6-11)16-13-9-7-12(8-10-13)15(17)18/h5,7-10,14,16H,2-4,6H2,1H3,(H,17,18). The van der Waals surface area contributed by atoms with Crippen LogP contribution in [0.5, 0.6) is 0 Å². The summed E-state index contributed by atoms with van der Waals surface area (Å²) in [5.41, 5.74) is 2.80. The third-order valence-corrected chi connectivity index (χ3v) is 3.40. The molecule has 3 nitrogen and oxygen atoms in total. The molecule has 1 aliphatic rings. The summed E-state index contributed by atoms with van der Waals surface area (Å²) in [6.45, 7) is 2.17. The van der Waals surface area contributed by atoms with Gasteiger partial charge in [-0.05, 0) is 49.9 Å². The van der Waals surface area contributed by atoms with Crippen LogP contribution < -0.4 is 5.32 Å². The highest BCUT2D eigenvalue weighted by Crippen LogP contribution is 2.25. The van der Waals surface area contributed by atoms with Crippen LogP contribution in [-0.2, 0) is 0 Å². The van der Waals surface area contributed by atoms with Crippen LogP contribution in [0.2, 0.25) is 0 Å². The van der Waals surface area contributed by atoms with E-state index in [1.54, 1.807) is 12.1 Å². The number of hydrogen-bond donors (Lipinski definition) is 2. The highest BCUT2D eigenvalue weighted by Gasteiger charge is 2.15. The lowest BCUT2D eigenvalue weighted by molar-refractivity contribution is 0.0697. The number of carboxylic acid groups (broad SMARTS) is 1. The second-order valence-corrected chi connectivity index (χ2v) is 4.66. The fraction of sp³-hybridized carbons (Fsp3) is 0.400. The highest BCUT2D eigenvalue weighted by atomic mass is 16.4. The predicted molar refractivity (Wildman–Crippen MR) is 73.0 cm³/mol. The largest absolute Gasteiger partial charge is 0.478 e. The summed E-state index contributed by atoms with van der Waals surface area (Å²) in [4.78, 5) is 10.8. The molecule has 0 heterocycles. The topological polar surface area (TPSA) is 49.3 Å². The summed E-state index contributed by atoms with van der Waals surface area (Å²) >= 11 is 0. The van der Waals surface area contributed by atoms with Gasteiger partial charge in [-0.2, -0.15) is 0 Å². The Kier molecular flexibility index (Phi) is 4.03. The average Bonchev–Trinajstić information content (AvgIpc) is 2.90. The number of nitrogens with one attached hydrogen (secondary N) is 1. The molecule has 1 aliphatic carbocycles. The molecular formula is C15H19NO2. The Morgan fingerprint density at radius 1 is 1.39 bits per heavy atom. The minimum atomic E-state index is -0.882. The molecule has 2 rings (SSSR count). The van der Waals surface area contributed by atoms with Crippen LogP contribution in [-0.4, -0.2) is 17.1 Å². The van der Waals surface area contributed by atoms with E-state index in [9.17, 15) is 4.79 Å². The molecule has 18 heavy (non-hydrogen) atoms. The Bertz CT molecular complexity index is 448. The fourth-order valence-corrected chi connectivity index (χ4v) is 2.38. The molecule has 0 fully saturated rings. The van der Waals surface area contributed by atoms with Crippen LogP contribution in [0.4, 0.5) is 5.69 Å². The maximum atomic E-state index is 10.8. The summed E-state index contributed by atoms with van der Waals surface area (Å²) in [6.07, 6.45) is 6.99. The van der Waals surface area contributed by atoms with Gasteiger partial charge in [0.1, 0.15) is 0 Å². The van der Waals surface area contributed by atoms with Crippen molar-refractivity contribution < 1.29 is 9.90 Å². The van der Waals surface area contributed by atoms with Crippen molar-refractivity contribution >= 4 is 11.7 Å². The molecule has 2 N–H and O–H groups in total. The average molecular weight is 245 g/mol. The predicted octanol–water partition coefficient (Wildman–Crippen LogP) is 3.69. The van der Waals surface area contributed by atoms with E-state index in [1.165, 1.54) is 24.8 Å². The smallest absolute Gasteiger partial charge is 0.335 e. The number of hydrogen-bond acceptors (Lipinski definition) is 2. The van der Waals surface area contributed by atoms with E-state index in [-0.39, 0.29) is 0 Å². The van der Waals surface area contributed by atoms with Crippen molar-refractivity contribution in [3.05, 3.63) is 41.5 Å². The third-order valence-electron chi connectivity index (χ3n) is 3.40. The normalized spacial score (nSPS) is 16.2. The first-order valence-electron chi connectivity index (χ1n) is 6.49. The Morgan fingerprint density at radius 2 is 2.11 bits per heavy atom. The monoisotopic (exact) mass is 245 g/mol. The molecule has 0 spiro atoms. The van der Waals surface area contributed by atoms with E-state index < -0.39 is 5.97 Å². The Morgan fingerprint density at radius 3 is 2.61 bits per heavy atom. The van der Waals surface area contributed by atoms with Gasteiger partial charge in [-0.15, -0.1) is 0 Å². The lowest BCUT2D eigenvalue weighted by Gasteiger charge is -2.20. The molecule has 0 aliphatic heterocycles.